The van der Waals surface area contributed by atoms with E-state index in [0.29, 0.717) is 5.56 Å². The fraction of sp³-hybridized carbons (Fsp3) is 0.138. The fourth-order valence-corrected chi connectivity index (χ4v) is 4.44. The van der Waals surface area contributed by atoms with Crippen LogP contribution in [-0.2, 0) is 10.5 Å². The van der Waals surface area contributed by atoms with Gasteiger partial charge in [0.15, 0.2) is 0 Å². The Hall–Kier alpha value is -4.05. The van der Waals surface area contributed by atoms with Crippen molar-refractivity contribution in [2.45, 2.75) is 12.6 Å². The molecule has 4 heteroatoms. The van der Waals surface area contributed by atoms with E-state index in [-0.39, 0.29) is 5.97 Å². The Balaban J connectivity index is 1.68. The molecule has 1 aliphatic rings. The number of hydrogen-bond acceptors (Lipinski definition) is 4. The minimum absolute atomic E-state index is 0.331. The second kappa shape index (κ2) is 8.14. The van der Waals surface area contributed by atoms with Crippen molar-refractivity contribution in [3.05, 3.63) is 119 Å². The zero-order valence-electron chi connectivity index (χ0n) is 19.0. The maximum atomic E-state index is 12.9. The van der Waals surface area contributed by atoms with Gasteiger partial charge in [-0.05, 0) is 36.8 Å². The summed E-state index contributed by atoms with van der Waals surface area (Å²) in [7, 11) is 4.01. The summed E-state index contributed by atoms with van der Waals surface area (Å²) in [5.41, 5.74) is 6.44. The van der Waals surface area contributed by atoms with Gasteiger partial charge in [0.2, 0.25) is 5.72 Å². The normalized spacial score (nSPS) is 16.8. The molecule has 0 spiro atoms. The topological polar surface area (TPSA) is 41.6 Å². The molecule has 0 amide bonds. The number of nitrogens with zero attached hydrogens (tertiary/aromatic N) is 1. The van der Waals surface area contributed by atoms with E-state index in [0.717, 1.165) is 33.6 Å². The minimum Gasteiger partial charge on any atom is -0.427 e. The standard InChI is InChI=1S/C29H26N2O2/c1-20-9-8-10-21(19-20)24-11-5-7-14-27(24)30-29(22-15-17-23(18-16-22)31(2)3)26-13-6-4-12-25(26)28(32)33-29/h4-19,30H,1-3H3. The van der Waals surface area contributed by atoms with Crippen molar-refractivity contribution < 1.29 is 9.53 Å². The van der Waals surface area contributed by atoms with Gasteiger partial charge < -0.3 is 15.0 Å². The Bertz CT molecular complexity index is 1330. The lowest BCUT2D eigenvalue weighted by atomic mass is 9.91. The molecule has 33 heavy (non-hydrogen) atoms. The Morgan fingerprint density at radius 1 is 0.788 bits per heavy atom. The first kappa shape index (κ1) is 20.8. The van der Waals surface area contributed by atoms with Crippen LogP contribution >= 0.6 is 0 Å². The third-order valence-corrected chi connectivity index (χ3v) is 6.13. The maximum absolute atomic E-state index is 12.9. The number of para-hydroxylation sites is 1. The van der Waals surface area contributed by atoms with Gasteiger partial charge in [-0.15, -0.1) is 0 Å². The first-order valence-electron chi connectivity index (χ1n) is 11.0. The second-order valence-electron chi connectivity index (χ2n) is 8.60. The maximum Gasteiger partial charge on any atom is 0.341 e. The second-order valence-corrected chi connectivity index (χ2v) is 8.60. The van der Waals surface area contributed by atoms with Crippen molar-refractivity contribution in [2.75, 3.05) is 24.3 Å². The molecule has 1 unspecified atom stereocenters. The molecule has 1 aliphatic heterocycles. The van der Waals surface area contributed by atoms with Crippen molar-refractivity contribution in [3.8, 4) is 11.1 Å². The van der Waals surface area contributed by atoms with Crippen LogP contribution in [0.3, 0.4) is 0 Å². The Labute approximate surface area is 194 Å². The number of esters is 1. The third kappa shape index (κ3) is 3.64. The van der Waals surface area contributed by atoms with Crippen molar-refractivity contribution in [3.63, 3.8) is 0 Å². The molecule has 0 radical (unpaired) electrons. The predicted octanol–water partition coefficient (Wildman–Crippen LogP) is 6.21. The molecule has 0 saturated heterocycles. The summed E-state index contributed by atoms with van der Waals surface area (Å²) < 4.78 is 6.16. The van der Waals surface area contributed by atoms with E-state index in [9.17, 15) is 4.79 Å². The van der Waals surface area contributed by atoms with Gasteiger partial charge in [0.25, 0.3) is 0 Å². The molecule has 0 aromatic heterocycles. The molecular formula is C29H26N2O2. The summed E-state index contributed by atoms with van der Waals surface area (Å²) in [4.78, 5) is 15.0. The number of rotatable bonds is 5. The zero-order chi connectivity index (χ0) is 23.0. The van der Waals surface area contributed by atoms with Crippen LogP contribution in [0, 0.1) is 6.92 Å². The number of ether oxygens (including phenoxy) is 1. The molecule has 4 aromatic rings. The first-order chi connectivity index (χ1) is 16.0. The molecule has 0 bridgehead atoms. The van der Waals surface area contributed by atoms with Crippen LogP contribution < -0.4 is 10.2 Å². The van der Waals surface area contributed by atoms with Crippen LogP contribution in [0.15, 0.2) is 97.1 Å². The molecule has 4 aromatic carbocycles. The molecular weight excluding hydrogens is 408 g/mol. The molecule has 4 nitrogen and oxygen atoms in total. The average Bonchev–Trinajstić information content (AvgIpc) is 3.12. The van der Waals surface area contributed by atoms with Gasteiger partial charge in [-0.25, -0.2) is 4.79 Å². The summed E-state index contributed by atoms with van der Waals surface area (Å²) in [5.74, 6) is -0.331. The molecule has 164 valence electrons. The molecule has 5 rings (SSSR count). The number of anilines is 2. The average molecular weight is 435 g/mol. The molecule has 0 saturated carbocycles. The lowest BCUT2D eigenvalue weighted by Crippen LogP contribution is -2.37. The van der Waals surface area contributed by atoms with Crippen LogP contribution in [0.25, 0.3) is 11.1 Å². The van der Waals surface area contributed by atoms with Crippen molar-refractivity contribution >= 4 is 17.3 Å². The van der Waals surface area contributed by atoms with Crippen molar-refractivity contribution in [1.29, 1.82) is 0 Å². The first-order valence-corrected chi connectivity index (χ1v) is 11.0. The van der Waals surface area contributed by atoms with Crippen LogP contribution in [0.4, 0.5) is 11.4 Å². The van der Waals surface area contributed by atoms with E-state index < -0.39 is 5.72 Å². The summed E-state index contributed by atoms with van der Waals surface area (Å²) in [6.07, 6.45) is 0. The van der Waals surface area contributed by atoms with E-state index in [1.54, 1.807) is 0 Å². The fourth-order valence-electron chi connectivity index (χ4n) is 4.44. The highest BCUT2D eigenvalue weighted by Crippen LogP contribution is 2.44. The monoisotopic (exact) mass is 434 g/mol. The van der Waals surface area contributed by atoms with Gasteiger partial charge in [-0.3, -0.25) is 0 Å². The van der Waals surface area contributed by atoms with Crippen LogP contribution in [0.2, 0.25) is 0 Å². The zero-order valence-corrected chi connectivity index (χ0v) is 19.0. The third-order valence-electron chi connectivity index (χ3n) is 6.13. The molecule has 0 aliphatic carbocycles. The Kier molecular flexibility index (Phi) is 5.14. The van der Waals surface area contributed by atoms with Gasteiger partial charge >= 0.3 is 5.97 Å². The lowest BCUT2D eigenvalue weighted by Gasteiger charge is -2.32. The summed E-state index contributed by atoms with van der Waals surface area (Å²) in [6, 6.07) is 32.3. The predicted molar refractivity (Wildman–Crippen MR) is 134 cm³/mol. The lowest BCUT2D eigenvalue weighted by molar-refractivity contribution is 0.0213. The largest absolute Gasteiger partial charge is 0.427 e. The van der Waals surface area contributed by atoms with Crippen molar-refractivity contribution in [1.82, 2.24) is 0 Å². The quantitative estimate of drug-likeness (QED) is 0.379. The molecule has 1 N–H and O–H groups in total. The highest BCUT2D eigenvalue weighted by Gasteiger charge is 2.47. The van der Waals surface area contributed by atoms with Gasteiger partial charge in [-0.1, -0.05) is 78.4 Å². The summed E-state index contributed by atoms with van der Waals surface area (Å²) in [5, 5.41) is 3.64. The summed E-state index contributed by atoms with van der Waals surface area (Å²) in [6.45, 7) is 2.09. The molecule has 1 atom stereocenters. The number of carbonyl (C=O) groups excluding carboxylic acids is 1. The van der Waals surface area contributed by atoms with Gasteiger partial charge in [-0.2, -0.15) is 0 Å². The van der Waals surface area contributed by atoms with Gasteiger partial charge in [0.1, 0.15) is 0 Å². The van der Waals surface area contributed by atoms with E-state index >= 15 is 0 Å². The van der Waals surface area contributed by atoms with Crippen molar-refractivity contribution in [2.24, 2.45) is 0 Å². The number of benzene rings is 4. The number of fused-ring (bicyclic) bond motifs is 1. The Morgan fingerprint density at radius 3 is 2.21 bits per heavy atom. The number of hydrogen-bond donors (Lipinski definition) is 1. The SMILES string of the molecule is Cc1cccc(-c2ccccc2NC2(c3ccc(N(C)C)cc3)OC(=O)c3ccccc32)c1. The van der Waals surface area contributed by atoms with E-state index in [1.807, 2.05) is 85.7 Å². The molecule has 1 heterocycles. The van der Waals surface area contributed by atoms with E-state index in [4.69, 9.17) is 4.74 Å². The Morgan fingerprint density at radius 2 is 1.48 bits per heavy atom. The number of cyclic esters (lactones) is 1. The molecule has 0 fully saturated rings. The van der Waals surface area contributed by atoms with Crippen LogP contribution in [0.5, 0.6) is 0 Å². The van der Waals surface area contributed by atoms with Crippen LogP contribution in [0.1, 0.15) is 27.0 Å². The highest BCUT2D eigenvalue weighted by molar-refractivity contribution is 5.96. The van der Waals surface area contributed by atoms with Gasteiger partial charge in [0, 0.05) is 42.2 Å². The van der Waals surface area contributed by atoms with E-state index in [1.165, 1.54) is 5.56 Å². The number of carbonyl (C=O) groups is 1. The van der Waals surface area contributed by atoms with Gasteiger partial charge in [0.05, 0.1) is 5.56 Å². The van der Waals surface area contributed by atoms with Crippen LogP contribution in [-0.4, -0.2) is 20.1 Å². The smallest absolute Gasteiger partial charge is 0.341 e. The van der Waals surface area contributed by atoms with E-state index in [2.05, 4.69) is 42.6 Å². The highest BCUT2D eigenvalue weighted by atomic mass is 16.6. The number of aryl methyl sites for hydroxylation is 1. The number of nitrogens with one attached hydrogen (secondary N) is 1. The minimum atomic E-state index is -1.13. The summed E-state index contributed by atoms with van der Waals surface area (Å²) >= 11 is 0.